The van der Waals surface area contributed by atoms with Crippen molar-refractivity contribution in [2.75, 3.05) is 19.6 Å². The molecule has 0 aromatic carbocycles. The molecule has 1 aliphatic rings. The first-order chi connectivity index (χ1) is 8.70. The van der Waals surface area contributed by atoms with Gasteiger partial charge in [0.05, 0.1) is 12.2 Å². The van der Waals surface area contributed by atoms with Crippen molar-refractivity contribution in [3.8, 4) is 0 Å². The van der Waals surface area contributed by atoms with Gasteiger partial charge in [-0.2, -0.15) is 0 Å². The van der Waals surface area contributed by atoms with E-state index in [0.717, 1.165) is 13.1 Å². The van der Waals surface area contributed by atoms with Gasteiger partial charge in [-0.25, -0.2) is 4.98 Å². The Morgan fingerprint density at radius 2 is 2.28 bits per heavy atom. The number of rotatable bonds is 5. The van der Waals surface area contributed by atoms with E-state index >= 15 is 0 Å². The quantitative estimate of drug-likeness (QED) is 0.889. The van der Waals surface area contributed by atoms with Crippen LogP contribution in [0.5, 0.6) is 0 Å². The van der Waals surface area contributed by atoms with E-state index in [2.05, 4.69) is 36.0 Å². The molecule has 1 aliphatic heterocycles. The van der Waals surface area contributed by atoms with Crippen LogP contribution in [0.3, 0.4) is 0 Å². The zero-order valence-corrected chi connectivity index (χ0v) is 12.6. The number of piperidine rings is 1. The van der Waals surface area contributed by atoms with Crippen LogP contribution in [0.2, 0.25) is 0 Å². The maximum Gasteiger partial charge on any atom is 0.107 e. The van der Waals surface area contributed by atoms with Gasteiger partial charge in [0, 0.05) is 17.5 Å². The number of aryl methyl sites for hydroxylation is 2. The van der Waals surface area contributed by atoms with Crippen molar-refractivity contribution in [2.45, 2.75) is 52.6 Å². The van der Waals surface area contributed by atoms with Crippen LogP contribution < -0.4 is 5.32 Å². The molecule has 0 radical (unpaired) electrons. The molecule has 1 N–H and O–H groups in total. The second kappa shape index (κ2) is 6.64. The molecular weight excluding hydrogens is 242 g/mol. The Balaban J connectivity index is 2.00. The predicted molar refractivity (Wildman–Crippen MR) is 78.2 cm³/mol. The fourth-order valence-corrected chi connectivity index (χ4v) is 3.56. The van der Waals surface area contributed by atoms with Gasteiger partial charge >= 0.3 is 0 Å². The Labute approximate surface area is 115 Å². The topological polar surface area (TPSA) is 28.2 Å². The Bertz CT molecular complexity index is 350. The van der Waals surface area contributed by atoms with Gasteiger partial charge in [-0.05, 0) is 46.2 Å². The maximum absolute atomic E-state index is 4.68. The van der Waals surface area contributed by atoms with Gasteiger partial charge in [0.1, 0.15) is 5.01 Å². The van der Waals surface area contributed by atoms with E-state index in [9.17, 15) is 0 Å². The highest BCUT2D eigenvalue weighted by atomic mass is 32.1. The average Bonchev–Trinajstić information content (AvgIpc) is 2.69. The third kappa shape index (κ3) is 3.53. The second-order valence-electron chi connectivity index (χ2n) is 5.22. The fraction of sp³-hybridized carbons (Fsp3) is 0.786. The monoisotopic (exact) mass is 267 g/mol. The van der Waals surface area contributed by atoms with Crippen molar-refractivity contribution in [2.24, 2.45) is 0 Å². The third-order valence-electron chi connectivity index (χ3n) is 3.71. The summed E-state index contributed by atoms with van der Waals surface area (Å²) >= 11 is 1.86. The first-order valence-electron chi connectivity index (χ1n) is 7.08. The summed E-state index contributed by atoms with van der Waals surface area (Å²) in [6.45, 7) is 11.1. The van der Waals surface area contributed by atoms with Crippen molar-refractivity contribution < 1.29 is 0 Å². The zero-order chi connectivity index (χ0) is 13.0. The van der Waals surface area contributed by atoms with Crippen molar-refractivity contribution >= 4 is 11.3 Å². The normalized spacial score (nSPS) is 20.6. The third-order valence-corrected chi connectivity index (χ3v) is 4.77. The summed E-state index contributed by atoms with van der Waals surface area (Å²) in [5, 5.41) is 4.80. The van der Waals surface area contributed by atoms with Gasteiger partial charge in [0.2, 0.25) is 0 Å². The molecular formula is C14H25N3S. The molecule has 1 aromatic rings. The number of hydrogen-bond acceptors (Lipinski definition) is 4. The molecule has 2 heterocycles. The Kier molecular flexibility index (Phi) is 5.15. The summed E-state index contributed by atoms with van der Waals surface area (Å²) in [6, 6.07) is 0.697. The minimum atomic E-state index is 0.697. The van der Waals surface area contributed by atoms with E-state index in [0.29, 0.717) is 6.04 Å². The van der Waals surface area contributed by atoms with Crippen LogP contribution in [0.1, 0.15) is 41.8 Å². The SMILES string of the molecule is CCCN(Cc1nc(C)c(C)s1)C1CCCNC1. The van der Waals surface area contributed by atoms with Crippen LogP contribution in [0, 0.1) is 13.8 Å². The lowest BCUT2D eigenvalue weighted by atomic mass is 10.1. The van der Waals surface area contributed by atoms with Crippen molar-refractivity contribution in [3.05, 3.63) is 15.6 Å². The largest absolute Gasteiger partial charge is 0.315 e. The predicted octanol–water partition coefficient (Wildman–Crippen LogP) is 2.72. The zero-order valence-electron chi connectivity index (χ0n) is 11.8. The number of hydrogen-bond donors (Lipinski definition) is 1. The highest BCUT2D eigenvalue weighted by molar-refractivity contribution is 7.11. The van der Waals surface area contributed by atoms with Gasteiger partial charge in [0.25, 0.3) is 0 Å². The van der Waals surface area contributed by atoms with Crippen LogP contribution in [-0.4, -0.2) is 35.6 Å². The molecule has 102 valence electrons. The van der Waals surface area contributed by atoms with E-state index in [4.69, 9.17) is 0 Å². The van der Waals surface area contributed by atoms with Gasteiger partial charge in [0.15, 0.2) is 0 Å². The van der Waals surface area contributed by atoms with Gasteiger partial charge in [-0.1, -0.05) is 6.92 Å². The number of nitrogens with one attached hydrogen (secondary N) is 1. The van der Waals surface area contributed by atoms with Crippen molar-refractivity contribution in [1.29, 1.82) is 0 Å². The van der Waals surface area contributed by atoms with Crippen LogP contribution in [0.25, 0.3) is 0 Å². The molecule has 0 spiro atoms. The highest BCUT2D eigenvalue weighted by Gasteiger charge is 2.21. The minimum Gasteiger partial charge on any atom is -0.315 e. The fourth-order valence-electron chi connectivity index (χ4n) is 2.60. The standard InChI is InChI=1S/C14H25N3S/c1-4-8-17(13-6-5-7-15-9-13)10-14-16-11(2)12(3)18-14/h13,15H,4-10H2,1-3H3. The van der Waals surface area contributed by atoms with Crippen molar-refractivity contribution in [3.63, 3.8) is 0 Å². The van der Waals surface area contributed by atoms with Crippen molar-refractivity contribution in [1.82, 2.24) is 15.2 Å². The second-order valence-corrected chi connectivity index (χ2v) is 6.51. The molecule has 0 aliphatic carbocycles. The first-order valence-corrected chi connectivity index (χ1v) is 7.90. The summed E-state index contributed by atoms with van der Waals surface area (Å²) < 4.78 is 0. The lowest BCUT2D eigenvalue weighted by Gasteiger charge is -2.34. The smallest absolute Gasteiger partial charge is 0.107 e. The number of thiazole rings is 1. The van der Waals surface area contributed by atoms with E-state index < -0.39 is 0 Å². The maximum atomic E-state index is 4.68. The lowest BCUT2D eigenvalue weighted by molar-refractivity contribution is 0.158. The molecule has 0 saturated carbocycles. The van der Waals surface area contributed by atoms with Crippen LogP contribution >= 0.6 is 11.3 Å². The molecule has 0 bridgehead atoms. The van der Waals surface area contributed by atoms with Crippen LogP contribution in [0.4, 0.5) is 0 Å². The van der Waals surface area contributed by atoms with Gasteiger partial charge in [-0.3, -0.25) is 4.90 Å². The summed E-state index contributed by atoms with van der Waals surface area (Å²) in [4.78, 5) is 8.66. The molecule has 2 rings (SSSR count). The van der Waals surface area contributed by atoms with Crippen LogP contribution in [-0.2, 0) is 6.54 Å². The summed E-state index contributed by atoms with van der Waals surface area (Å²) in [5.74, 6) is 0. The molecule has 1 saturated heterocycles. The van der Waals surface area contributed by atoms with Crippen LogP contribution in [0.15, 0.2) is 0 Å². The summed E-state index contributed by atoms with van der Waals surface area (Å²) in [7, 11) is 0. The van der Waals surface area contributed by atoms with E-state index in [1.165, 1.54) is 47.9 Å². The van der Waals surface area contributed by atoms with Gasteiger partial charge in [-0.15, -0.1) is 11.3 Å². The molecule has 4 heteroatoms. The molecule has 3 nitrogen and oxygen atoms in total. The van der Waals surface area contributed by atoms with E-state index in [1.807, 2.05) is 11.3 Å². The molecule has 18 heavy (non-hydrogen) atoms. The molecule has 1 fully saturated rings. The number of aromatic nitrogens is 1. The van der Waals surface area contributed by atoms with E-state index in [1.54, 1.807) is 0 Å². The Hall–Kier alpha value is -0.450. The molecule has 1 unspecified atom stereocenters. The van der Waals surface area contributed by atoms with Gasteiger partial charge < -0.3 is 5.32 Å². The Morgan fingerprint density at radius 3 is 2.83 bits per heavy atom. The molecule has 1 aromatic heterocycles. The summed E-state index contributed by atoms with van der Waals surface area (Å²) in [5.41, 5.74) is 1.20. The Morgan fingerprint density at radius 1 is 1.44 bits per heavy atom. The van der Waals surface area contributed by atoms with E-state index in [-0.39, 0.29) is 0 Å². The summed E-state index contributed by atoms with van der Waals surface area (Å²) in [6.07, 6.45) is 3.86. The highest BCUT2D eigenvalue weighted by Crippen LogP contribution is 2.20. The average molecular weight is 267 g/mol. The molecule has 0 amide bonds. The molecule has 1 atom stereocenters. The minimum absolute atomic E-state index is 0.697. The lowest BCUT2D eigenvalue weighted by Crippen LogP contribution is -2.45. The number of nitrogens with zero attached hydrogens (tertiary/aromatic N) is 2. The first kappa shape index (κ1) is 14.0.